The maximum Gasteiger partial charge on any atom is 0.407 e. The monoisotopic (exact) mass is 383 g/mol. The van der Waals surface area contributed by atoms with Crippen LogP contribution in [0.4, 0.5) is 4.79 Å². The van der Waals surface area contributed by atoms with E-state index in [-0.39, 0.29) is 13.0 Å². The molecule has 116 valence electrons. The fraction of sp³-hybridized carbons (Fsp3) is 0.200. The first-order valence-electron chi connectivity index (χ1n) is 6.48. The van der Waals surface area contributed by atoms with Gasteiger partial charge in [0.05, 0.1) is 12.5 Å². The third kappa shape index (κ3) is 4.85. The number of thiophene rings is 1. The van der Waals surface area contributed by atoms with Crippen molar-refractivity contribution in [2.24, 2.45) is 0 Å². The highest BCUT2D eigenvalue weighted by Crippen LogP contribution is 2.31. The summed E-state index contributed by atoms with van der Waals surface area (Å²) in [6.45, 7) is 0.137. The van der Waals surface area contributed by atoms with Crippen LogP contribution >= 0.6 is 27.3 Å². The molecular formula is C15H14BrNO4S. The van der Waals surface area contributed by atoms with E-state index in [0.29, 0.717) is 0 Å². The highest BCUT2D eigenvalue weighted by Gasteiger charge is 2.22. The molecule has 1 heterocycles. The molecule has 0 radical (unpaired) electrons. The van der Waals surface area contributed by atoms with Crippen LogP contribution < -0.4 is 5.32 Å². The molecule has 1 amide bonds. The van der Waals surface area contributed by atoms with E-state index in [1.165, 1.54) is 11.3 Å². The molecule has 0 aliphatic heterocycles. The van der Waals surface area contributed by atoms with Crippen molar-refractivity contribution in [1.82, 2.24) is 5.32 Å². The van der Waals surface area contributed by atoms with Crippen molar-refractivity contribution in [3.8, 4) is 0 Å². The maximum atomic E-state index is 11.9. The number of carboxylic acids is 1. The number of ether oxygens (including phenoxy) is 1. The van der Waals surface area contributed by atoms with Gasteiger partial charge in [0.1, 0.15) is 6.61 Å². The molecule has 0 fully saturated rings. The topological polar surface area (TPSA) is 75.6 Å². The standard InChI is InChI=1S/C15H14BrNO4S/c16-11-6-7-22-14(11)12(8-13(18)19)17-15(20)21-9-10-4-2-1-3-5-10/h1-7,12H,8-9H2,(H,17,20)(H,18,19)/t12-/m1/s1. The minimum Gasteiger partial charge on any atom is -0.481 e. The Morgan fingerprint density at radius 3 is 2.59 bits per heavy atom. The van der Waals surface area contributed by atoms with Gasteiger partial charge in [-0.2, -0.15) is 0 Å². The Kier molecular flexibility index (Phi) is 5.97. The number of hydrogen-bond acceptors (Lipinski definition) is 4. The van der Waals surface area contributed by atoms with Crippen LogP contribution in [0.2, 0.25) is 0 Å². The van der Waals surface area contributed by atoms with Gasteiger partial charge in [0.15, 0.2) is 0 Å². The van der Waals surface area contributed by atoms with Crippen LogP contribution in [0.1, 0.15) is 22.9 Å². The van der Waals surface area contributed by atoms with Gasteiger partial charge in [0.2, 0.25) is 0 Å². The number of aliphatic carboxylic acids is 1. The molecule has 2 N–H and O–H groups in total. The predicted molar refractivity (Wildman–Crippen MR) is 86.8 cm³/mol. The van der Waals surface area contributed by atoms with Gasteiger partial charge in [-0.05, 0) is 32.9 Å². The Bertz CT molecular complexity index is 644. The normalized spacial score (nSPS) is 11.7. The number of rotatable bonds is 6. The van der Waals surface area contributed by atoms with E-state index in [9.17, 15) is 9.59 Å². The van der Waals surface area contributed by atoms with Crippen LogP contribution in [0.5, 0.6) is 0 Å². The quantitative estimate of drug-likeness (QED) is 0.791. The summed E-state index contributed by atoms with van der Waals surface area (Å²) in [6.07, 6.45) is -0.852. The first-order chi connectivity index (χ1) is 10.6. The number of halogens is 1. The molecule has 2 aromatic rings. The number of carbonyl (C=O) groups is 2. The van der Waals surface area contributed by atoms with Gasteiger partial charge in [-0.15, -0.1) is 11.3 Å². The van der Waals surface area contributed by atoms with Crippen molar-refractivity contribution in [2.75, 3.05) is 0 Å². The second kappa shape index (κ2) is 7.95. The maximum absolute atomic E-state index is 11.9. The van der Waals surface area contributed by atoms with Gasteiger partial charge in [-0.3, -0.25) is 4.79 Å². The third-order valence-electron chi connectivity index (χ3n) is 2.84. The fourth-order valence-corrected chi connectivity index (χ4v) is 3.55. The van der Waals surface area contributed by atoms with Crippen LogP contribution in [-0.2, 0) is 16.1 Å². The van der Waals surface area contributed by atoms with Crippen LogP contribution in [0.25, 0.3) is 0 Å². The first-order valence-corrected chi connectivity index (χ1v) is 8.15. The van der Waals surface area contributed by atoms with Gasteiger partial charge in [0, 0.05) is 9.35 Å². The van der Waals surface area contributed by atoms with Gasteiger partial charge in [-0.1, -0.05) is 30.3 Å². The van der Waals surface area contributed by atoms with Crippen LogP contribution in [0.3, 0.4) is 0 Å². The number of benzene rings is 1. The third-order valence-corrected chi connectivity index (χ3v) is 4.83. The Labute approximate surface area is 140 Å². The van der Waals surface area contributed by atoms with Gasteiger partial charge in [-0.25, -0.2) is 4.79 Å². The summed E-state index contributed by atoms with van der Waals surface area (Å²) < 4.78 is 5.89. The lowest BCUT2D eigenvalue weighted by Gasteiger charge is -2.16. The summed E-state index contributed by atoms with van der Waals surface area (Å²) in [6, 6.07) is 10.5. The Hall–Kier alpha value is -1.86. The minimum absolute atomic E-state index is 0.137. The SMILES string of the molecule is O=C(O)C[C@@H](NC(=O)OCc1ccccc1)c1sccc1Br. The van der Waals surface area contributed by atoms with Crippen molar-refractivity contribution in [1.29, 1.82) is 0 Å². The Morgan fingerprint density at radius 1 is 1.27 bits per heavy atom. The first kappa shape index (κ1) is 16.5. The van der Waals surface area contributed by atoms with E-state index in [1.54, 1.807) is 0 Å². The van der Waals surface area contributed by atoms with Crippen molar-refractivity contribution < 1.29 is 19.4 Å². The van der Waals surface area contributed by atoms with E-state index in [4.69, 9.17) is 9.84 Å². The van der Waals surface area contributed by atoms with Gasteiger partial charge in [0.25, 0.3) is 0 Å². The van der Waals surface area contributed by atoms with E-state index < -0.39 is 18.1 Å². The lowest BCUT2D eigenvalue weighted by Crippen LogP contribution is -2.30. The lowest BCUT2D eigenvalue weighted by atomic mass is 10.2. The number of alkyl carbamates (subject to hydrolysis) is 1. The van der Waals surface area contributed by atoms with E-state index in [2.05, 4.69) is 21.2 Å². The van der Waals surface area contributed by atoms with Gasteiger partial charge >= 0.3 is 12.1 Å². The highest BCUT2D eigenvalue weighted by atomic mass is 79.9. The molecule has 0 bridgehead atoms. The average molecular weight is 384 g/mol. The second-order valence-corrected chi connectivity index (χ2v) is 6.29. The zero-order chi connectivity index (χ0) is 15.9. The summed E-state index contributed by atoms with van der Waals surface area (Å²) in [4.78, 5) is 23.6. The summed E-state index contributed by atoms with van der Waals surface area (Å²) in [5, 5.41) is 13.4. The van der Waals surface area contributed by atoms with E-state index in [0.717, 1.165) is 14.9 Å². The molecule has 22 heavy (non-hydrogen) atoms. The molecule has 0 aliphatic carbocycles. The molecule has 0 aliphatic rings. The predicted octanol–water partition coefficient (Wildman–Crippen LogP) is 3.95. The molecule has 5 nitrogen and oxygen atoms in total. The summed E-state index contributed by atoms with van der Waals surface area (Å²) >= 11 is 4.72. The highest BCUT2D eigenvalue weighted by molar-refractivity contribution is 9.10. The van der Waals surface area contributed by atoms with Gasteiger partial charge < -0.3 is 15.2 Å². The number of amides is 1. The van der Waals surface area contributed by atoms with Crippen LogP contribution in [0, 0.1) is 0 Å². The molecule has 2 rings (SSSR count). The number of carboxylic acid groups (broad SMARTS) is 1. The Morgan fingerprint density at radius 2 is 2.00 bits per heavy atom. The molecule has 0 saturated heterocycles. The Balaban J connectivity index is 1.96. The number of nitrogens with one attached hydrogen (secondary N) is 1. The summed E-state index contributed by atoms with van der Waals surface area (Å²) in [5.74, 6) is -0.992. The molecule has 1 atom stereocenters. The van der Waals surface area contributed by atoms with Crippen molar-refractivity contribution in [3.05, 3.63) is 56.7 Å². The largest absolute Gasteiger partial charge is 0.481 e. The average Bonchev–Trinajstić information content (AvgIpc) is 2.91. The van der Waals surface area contributed by atoms with Crippen molar-refractivity contribution >= 4 is 39.3 Å². The second-order valence-electron chi connectivity index (χ2n) is 4.49. The summed E-state index contributed by atoms with van der Waals surface area (Å²) in [7, 11) is 0. The molecule has 0 unspecified atom stereocenters. The zero-order valence-electron chi connectivity index (χ0n) is 11.5. The van der Waals surface area contributed by atoms with E-state index in [1.807, 2.05) is 41.8 Å². The molecule has 0 spiro atoms. The number of carbonyl (C=O) groups excluding carboxylic acids is 1. The molecule has 7 heteroatoms. The zero-order valence-corrected chi connectivity index (χ0v) is 13.9. The fourth-order valence-electron chi connectivity index (χ4n) is 1.85. The smallest absolute Gasteiger partial charge is 0.407 e. The van der Waals surface area contributed by atoms with Crippen molar-refractivity contribution in [3.63, 3.8) is 0 Å². The van der Waals surface area contributed by atoms with Crippen molar-refractivity contribution in [2.45, 2.75) is 19.1 Å². The molecule has 1 aromatic carbocycles. The lowest BCUT2D eigenvalue weighted by molar-refractivity contribution is -0.137. The summed E-state index contributed by atoms with van der Waals surface area (Å²) in [5.41, 5.74) is 0.865. The molecule has 1 aromatic heterocycles. The minimum atomic E-state index is -0.992. The van der Waals surface area contributed by atoms with Crippen LogP contribution in [-0.4, -0.2) is 17.2 Å². The van der Waals surface area contributed by atoms with Crippen LogP contribution in [0.15, 0.2) is 46.3 Å². The molecular weight excluding hydrogens is 370 g/mol. The molecule has 0 saturated carbocycles. The number of hydrogen-bond donors (Lipinski definition) is 2. The van der Waals surface area contributed by atoms with E-state index >= 15 is 0 Å².